The van der Waals surface area contributed by atoms with Gasteiger partial charge in [-0.05, 0) is 48.7 Å². The standard InChI is InChI=1S/C18H19FN2O2/c1-23-15-6-7-16(17(19)10-15)18(22)21-14-4-2-12(3-5-14)13-8-9-20-11-13/h2-7,10,13,20H,8-9,11H2,1H3,(H,21,22)/t13-/m1/s1. The summed E-state index contributed by atoms with van der Waals surface area (Å²) in [6.07, 6.45) is 1.13. The molecule has 1 fully saturated rings. The number of amides is 1. The van der Waals surface area contributed by atoms with E-state index < -0.39 is 11.7 Å². The molecule has 1 heterocycles. The van der Waals surface area contributed by atoms with Crippen LogP contribution >= 0.6 is 0 Å². The lowest BCUT2D eigenvalue weighted by atomic mass is 9.98. The van der Waals surface area contributed by atoms with Crippen LogP contribution in [0.4, 0.5) is 10.1 Å². The fraction of sp³-hybridized carbons (Fsp3) is 0.278. The average Bonchev–Trinajstić information content (AvgIpc) is 3.09. The van der Waals surface area contributed by atoms with Gasteiger partial charge in [-0.25, -0.2) is 4.39 Å². The molecule has 1 saturated heterocycles. The van der Waals surface area contributed by atoms with Gasteiger partial charge in [0.2, 0.25) is 0 Å². The largest absolute Gasteiger partial charge is 0.497 e. The van der Waals surface area contributed by atoms with Crippen LogP contribution in [-0.2, 0) is 0 Å². The Morgan fingerprint density at radius 1 is 1.26 bits per heavy atom. The smallest absolute Gasteiger partial charge is 0.258 e. The van der Waals surface area contributed by atoms with Crippen molar-refractivity contribution < 1.29 is 13.9 Å². The molecule has 1 atom stereocenters. The predicted octanol–water partition coefficient (Wildman–Crippen LogP) is 3.16. The van der Waals surface area contributed by atoms with Gasteiger partial charge < -0.3 is 15.4 Å². The number of ether oxygens (including phenoxy) is 1. The topological polar surface area (TPSA) is 50.4 Å². The molecule has 0 spiro atoms. The Morgan fingerprint density at radius 3 is 2.65 bits per heavy atom. The molecule has 1 amide bonds. The summed E-state index contributed by atoms with van der Waals surface area (Å²) >= 11 is 0. The summed E-state index contributed by atoms with van der Waals surface area (Å²) in [5.41, 5.74) is 1.90. The molecule has 0 unspecified atom stereocenters. The number of benzene rings is 2. The van der Waals surface area contributed by atoms with Crippen LogP contribution in [0.5, 0.6) is 5.75 Å². The maximum atomic E-state index is 13.9. The Hall–Kier alpha value is -2.40. The SMILES string of the molecule is COc1ccc(C(=O)Nc2ccc([C@@H]3CCNC3)cc2)c(F)c1. The van der Waals surface area contributed by atoms with Crippen molar-refractivity contribution in [1.29, 1.82) is 0 Å². The van der Waals surface area contributed by atoms with E-state index in [0.29, 0.717) is 17.4 Å². The Morgan fingerprint density at radius 2 is 2.04 bits per heavy atom. The maximum Gasteiger partial charge on any atom is 0.258 e. The molecular weight excluding hydrogens is 295 g/mol. The minimum absolute atomic E-state index is 0.00475. The molecule has 0 bridgehead atoms. The highest BCUT2D eigenvalue weighted by Crippen LogP contribution is 2.24. The zero-order chi connectivity index (χ0) is 16.2. The number of carbonyl (C=O) groups is 1. The lowest BCUT2D eigenvalue weighted by molar-refractivity contribution is 0.102. The second-order valence-electron chi connectivity index (χ2n) is 5.61. The molecule has 0 saturated carbocycles. The molecule has 3 rings (SSSR count). The van der Waals surface area contributed by atoms with Gasteiger partial charge in [0.1, 0.15) is 11.6 Å². The van der Waals surface area contributed by atoms with Crippen LogP contribution in [0.15, 0.2) is 42.5 Å². The molecule has 120 valence electrons. The minimum atomic E-state index is -0.601. The lowest BCUT2D eigenvalue weighted by Gasteiger charge is -2.11. The van der Waals surface area contributed by atoms with E-state index in [-0.39, 0.29) is 5.56 Å². The van der Waals surface area contributed by atoms with E-state index in [0.717, 1.165) is 19.5 Å². The van der Waals surface area contributed by atoms with E-state index in [4.69, 9.17) is 4.74 Å². The van der Waals surface area contributed by atoms with Crippen molar-refractivity contribution in [3.8, 4) is 5.75 Å². The van der Waals surface area contributed by atoms with Crippen LogP contribution in [-0.4, -0.2) is 26.1 Å². The summed E-state index contributed by atoms with van der Waals surface area (Å²) < 4.78 is 18.8. The first-order valence-corrected chi connectivity index (χ1v) is 7.63. The zero-order valence-corrected chi connectivity index (χ0v) is 12.9. The zero-order valence-electron chi connectivity index (χ0n) is 12.9. The van der Waals surface area contributed by atoms with Crippen LogP contribution in [0, 0.1) is 5.82 Å². The third-order valence-corrected chi connectivity index (χ3v) is 4.12. The fourth-order valence-electron chi connectivity index (χ4n) is 2.78. The van der Waals surface area contributed by atoms with E-state index >= 15 is 0 Å². The van der Waals surface area contributed by atoms with Crippen molar-refractivity contribution in [2.75, 3.05) is 25.5 Å². The highest BCUT2D eigenvalue weighted by molar-refractivity contribution is 6.04. The Bertz CT molecular complexity index is 695. The van der Waals surface area contributed by atoms with Gasteiger partial charge in [-0.3, -0.25) is 4.79 Å². The molecule has 4 nitrogen and oxygen atoms in total. The summed E-state index contributed by atoms with van der Waals surface area (Å²) in [4.78, 5) is 12.2. The second-order valence-corrected chi connectivity index (χ2v) is 5.61. The molecule has 23 heavy (non-hydrogen) atoms. The summed E-state index contributed by atoms with van der Waals surface area (Å²) in [7, 11) is 1.45. The van der Waals surface area contributed by atoms with Crippen molar-refractivity contribution in [2.24, 2.45) is 0 Å². The van der Waals surface area contributed by atoms with Gasteiger partial charge in [-0.15, -0.1) is 0 Å². The summed E-state index contributed by atoms with van der Waals surface area (Å²) in [6, 6.07) is 11.9. The number of rotatable bonds is 4. The van der Waals surface area contributed by atoms with Gasteiger partial charge in [0, 0.05) is 18.3 Å². The van der Waals surface area contributed by atoms with Crippen molar-refractivity contribution in [3.63, 3.8) is 0 Å². The monoisotopic (exact) mass is 314 g/mol. The van der Waals surface area contributed by atoms with Crippen LogP contribution < -0.4 is 15.4 Å². The molecule has 2 aromatic carbocycles. The number of methoxy groups -OCH3 is 1. The molecule has 1 aliphatic heterocycles. The van der Waals surface area contributed by atoms with Gasteiger partial charge in [0.15, 0.2) is 0 Å². The summed E-state index contributed by atoms with van der Waals surface area (Å²) in [6.45, 7) is 2.03. The minimum Gasteiger partial charge on any atom is -0.497 e. The van der Waals surface area contributed by atoms with Gasteiger partial charge in [0.05, 0.1) is 12.7 Å². The molecule has 2 aromatic rings. The van der Waals surface area contributed by atoms with Crippen molar-refractivity contribution in [1.82, 2.24) is 5.32 Å². The number of anilines is 1. The van der Waals surface area contributed by atoms with Crippen LogP contribution in [0.2, 0.25) is 0 Å². The summed E-state index contributed by atoms with van der Waals surface area (Å²) in [5, 5.41) is 6.05. The van der Waals surface area contributed by atoms with Crippen LogP contribution in [0.25, 0.3) is 0 Å². The normalized spacial score (nSPS) is 17.0. The van der Waals surface area contributed by atoms with E-state index in [1.807, 2.05) is 24.3 Å². The van der Waals surface area contributed by atoms with Crippen molar-refractivity contribution in [2.45, 2.75) is 12.3 Å². The number of carbonyl (C=O) groups excluding carboxylic acids is 1. The number of hydrogen-bond acceptors (Lipinski definition) is 3. The molecule has 2 N–H and O–H groups in total. The molecule has 5 heteroatoms. The van der Waals surface area contributed by atoms with Crippen molar-refractivity contribution in [3.05, 3.63) is 59.4 Å². The van der Waals surface area contributed by atoms with Crippen LogP contribution in [0.3, 0.4) is 0 Å². The predicted molar refractivity (Wildman–Crippen MR) is 87.6 cm³/mol. The van der Waals surface area contributed by atoms with E-state index in [1.54, 1.807) is 6.07 Å². The first-order valence-electron chi connectivity index (χ1n) is 7.63. The number of nitrogens with one attached hydrogen (secondary N) is 2. The highest BCUT2D eigenvalue weighted by atomic mass is 19.1. The number of halogens is 1. The molecule has 0 radical (unpaired) electrons. The molecule has 0 aliphatic carbocycles. The molecular formula is C18H19FN2O2. The lowest BCUT2D eigenvalue weighted by Crippen LogP contribution is -2.14. The van der Waals surface area contributed by atoms with E-state index in [2.05, 4.69) is 10.6 Å². The Balaban J connectivity index is 1.70. The van der Waals surface area contributed by atoms with E-state index in [9.17, 15) is 9.18 Å². The quantitative estimate of drug-likeness (QED) is 0.911. The molecule has 0 aromatic heterocycles. The Kier molecular flexibility index (Phi) is 4.57. The van der Waals surface area contributed by atoms with Gasteiger partial charge in [-0.1, -0.05) is 12.1 Å². The van der Waals surface area contributed by atoms with E-state index in [1.165, 1.54) is 24.8 Å². The summed E-state index contributed by atoms with van der Waals surface area (Å²) in [5.74, 6) is -0.164. The first-order chi connectivity index (χ1) is 11.2. The first kappa shape index (κ1) is 15.5. The Labute approximate surface area is 134 Å². The third kappa shape index (κ3) is 3.51. The third-order valence-electron chi connectivity index (χ3n) is 4.12. The van der Waals surface area contributed by atoms with Gasteiger partial charge >= 0.3 is 0 Å². The maximum absolute atomic E-state index is 13.9. The van der Waals surface area contributed by atoms with Crippen LogP contribution in [0.1, 0.15) is 28.3 Å². The second kappa shape index (κ2) is 6.79. The number of hydrogen-bond donors (Lipinski definition) is 2. The highest BCUT2D eigenvalue weighted by Gasteiger charge is 2.17. The molecule has 1 aliphatic rings. The van der Waals surface area contributed by atoms with Gasteiger partial charge in [0.25, 0.3) is 5.91 Å². The average molecular weight is 314 g/mol. The fourth-order valence-corrected chi connectivity index (χ4v) is 2.78. The van der Waals surface area contributed by atoms with Crippen molar-refractivity contribution >= 4 is 11.6 Å². The van der Waals surface area contributed by atoms with Gasteiger partial charge in [-0.2, -0.15) is 0 Å².